The number of aliphatic hydroxyl groups is 1. The molecule has 1 aliphatic carbocycles. The van der Waals surface area contributed by atoms with Crippen molar-refractivity contribution in [1.29, 1.82) is 0 Å². The number of allylic oxidation sites excluding steroid dienone is 4. The molecule has 0 atom stereocenters. The first-order valence-corrected chi connectivity index (χ1v) is 23.4. The van der Waals surface area contributed by atoms with Gasteiger partial charge in [0.1, 0.15) is 29.5 Å². The largest absolute Gasteiger partial charge is 0.486 e. The lowest BCUT2D eigenvalue weighted by atomic mass is 9.90. The Balaban J connectivity index is 2.29. The zero-order valence-corrected chi connectivity index (χ0v) is 40.5. The smallest absolute Gasteiger partial charge is 0.344 e. The number of hydrogen-bond acceptors (Lipinski definition) is 17. The van der Waals surface area contributed by atoms with E-state index >= 15 is 4.79 Å². The van der Waals surface area contributed by atoms with Crippen LogP contribution in [0.4, 0.5) is 0 Å². The minimum Gasteiger partial charge on any atom is -0.486 e. The maximum Gasteiger partial charge on any atom is 0.344 e. The molecule has 19 nitrogen and oxygen atoms in total. The van der Waals surface area contributed by atoms with Gasteiger partial charge in [0.25, 0.3) is 16.0 Å². The molecule has 1 amide bonds. The van der Waals surface area contributed by atoms with Crippen LogP contribution in [-0.4, -0.2) is 181 Å². The summed E-state index contributed by atoms with van der Waals surface area (Å²) in [5.74, 6) is -0.866. The number of nitrogens with zero attached hydrogens (tertiary/aromatic N) is 1. The van der Waals surface area contributed by atoms with Crippen molar-refractivity contribution in [3.63, 3.8) is 0 Å². The molecule has 0 aromatic heterocycles. The second-order valence-corrected chi connectivity index (χ2v) is 16.7. The Bertz CT molecular complexity index is 2040. The van der Waals surface area contributed by atoms with Crippen LogP contribution in [0, 0.1) is 20.8 Å². The van der Waals surface area contributed by atoms with E-state index in [-0.39, 0.29) is 75.2 Å². The number of amides is 1. The van der Waals surface area contributed by atoms with E-state index in [1.165, 1.54) is 0 Å². The number of aryl methyl sites for hydroxylation is 3. The van der Waals surface area contributed by atoms with Crippen molar-refractivity contribution in [1.82, 2.24) is 5.32 Å². The number of benzene rings is 2. The zero-order chi connectivity index (χ0) is 49.0. The molecular weight excluding hydrogens is 897 g/mol. The van der Waals surface area contributed by atoms with E-state index in [4.69, 9.17) is 57.1 Å². The Morgan fingerprint density at radius 1 is 0.716 bits per heavy atom. The predicted molar refractivity (Wildman–Crippen MR) is 250 cm³/mol. The van der Waals surface area contributed by atoms with Crippen LogP contribution in [0.2, 0.25) is 0 Å². The maximum atomic E-state index is 15.1. The molecule has 3 N–H and O–H groups in total. The van der Waals surface area contributed by atoms with E-state index in [0.29, 0.717) is 92.2 Å². The van der Waals surface area contributed by atoms with E-state index < -0.39 is 40.0 Å². The van der Waals surface area contributed by atoms with Gasteiger partial charge in [0.2, 0.25) is 0 Å². The van der Waals surface area contributed by atoms with Crippen LogP contribution in [0.3, 0.4) is 0 Å². The molecule has 2 aromatic carbocycles. The first-order chi connectivity index (χ1) is 32.2. The molecule has 0 saturated carbocycles. The monoisotopic (exact) mass is 964 g/mol. The lowest BCUT2D eigenvalue weighted by Crippen LogP contribution is -2.30. The highest BCUT2D eigenvalue weighted by Gasteiger charge is 2.28. The molecule has 374 valence electrons. The molecule has 67 heavy (non-hydrogen) atoms. The third-order valence-electron chi connectivity index (χ3n) is 9.62. The summed E-state index contributed by atoms with van der Waals surface area (Å²) >= 11 is 0. The van der Waals surface area contributed by atoms with Gasteiger partial charge in [0, 0.05) is 52.7 Å². The van der Waals surface area contributed by atoms with Crippen LogP contribution in [0.25, 0.3) is 5.57 Å². The summed E-state index contributed by atoms with van der Waals surface area (Å²) in [6.07, 6.45) is 3.70. The number of rotatable bonds is 34. The Hall–Kier alpha value is -4.58. The molecule has 0 heterocycles. The van der Waals surface area contributed by atoms with Gasteiger partial charge in [-0.15, -0.1) is 0 Å². The summed E-state index contributed by atoms with van der Waals surface area (Å²) < 4.78 is 95.8. The van der Waals surface area contributed by atoms with E-state index in [0.717, 1.165) is 0 Å². The van der Waals surface area contributed by atoms with Crippen LogP contribution in [-0.2, 0) is 57.5 Å². The predicted octanol–water partition coefficient (Wildman–Crippen LogP) is 3.65. The molecule has 2 aromatic rings. The highest BCUT2D eigenvalue weighted by Crippen LogP contribution is 2.34. The summed E-state index contributed by atoms with van der Waals surface area (Å²) in [5, 5.41) is 11.9. The Morgan fingerprint density at radius 3 is 1.76 bits per heavy atom. The summed E-state index contributed by atoms with van der Waals surface area (Å²) in [5.41, 5.74) is 2.90. The minimum atomic E-state index is -4.28. The lowest BCUT2D eigenvalue weighted by molar-refractivity contribution is -0.128. The highest BCUT2D eigenvalue weighted by atomic mass is 32.2. The Morgan fingerprint density at radius 2 is 1.25 bits per heavy atom. The number of carbonyl (C=O) groups excluding carboxylic acids is 2. The van der Waals surface area contributed by atoms with Gasteiger partial charge in [0.05, 0.1) is 103 Å². The van der Waals surface area contributed by atoms with Crippen molar-refractivity contribution in [2.24, 2.45) is 4.99 Å². The number of aliphatic hydroxyl groups excluding tert-OH is 1. The third-order valence-corrected chi connectivity index (χ3v) is 10.4. The fraction of sp³-hybridized carbons (Fsp3) is 0.553. The third kappa shape index (κ3) is 21.1. The molecule has 0 unspecified atom stereocenters. The highest BCUT2D eigenvalue weighted by molar-refractivity contribution is 7.85. The average Bonchev–Trinajstić information content (AvgIpc) is 3.29. The molecule has 3 rings (SSSR count). The van der Waals surface area contributed by atoms with Crippen molar-refractivity contribution in [2.45, 2.75) is 39.4 Å². The van der Waals surface area contributed by atoms with E-state index in [2.05, 4.69) is 5.32 Å². The Kier molecular flexibility index (Phi) is 26.6. The molecule has 0 radical (unpaired) electrons. The molecular formula is C47H68N2O17S. The molecule has 0 spiro atoms. The molecule has 0 bridgehead atoms. The molecule has 0 saturated heterocycles. The fourth-order valence-corrected chi connectivity index (χ4v) is 6.88. The number of aliphatic imine (C=N–C) groups is 1. The number of nitrogens with one attached hydrogen (secondary N) is 1. The van der Waals surface area contributed by atoms with Gasteiger partial charge in [-0.2, -0.15) is 8.42 Å². The number of ether oxygens (including phenoxy) is 11. The van der Waals surface area contributed by atoms with Crippen LogP contribution >= 0.6 is 0 Å². The SMILES string of the molecule is COCCOCC(COCCOC)OC1=C/C(=C(\C(=O)Oc2c(C)cc(C(=O)NCCO)cc2C)c2cc(OC(COCCOC)COCCOC)ccc2C)C(=NCCCS(=O)(=O)O)C=C1. The fourth-order valence-electron chi connectivity index (χ4n) is 6.38. The quantitative estimate of drug-likeness (QED) is 0.0299. The van der Waals surface area contributed by atoms with Crippen molar-refractivity contribution in [2.75, 3.05) is 133 Å². The number of esters is 1. The average molecular weight is 965 g/mol. The number of hydrogen-bond donors (Lipinski definition) is 3. The summed E-state index contributed by atoms with van der Waals surface area (Å²) in [7, 11) is 2.01. The molecule has 1 aliphatic rings. The Labute approximate surface area is 394 Å². The van der Waals surface area contributed by atoms with Gasteiger partial charge in [0.15, 0.2) is 0 Å². The first kappa shape index (κ1) is 56.7. The second kappa shape index (κ2) is 31.5. The van der Waals surface area contributed by atoms with Crippen LogP contribution in [0.1, 0.15) is 39.0 Å². The topological polar surface area (TPSA) is 235 Å². The zero-order valence-electron chi connectivity index (χ0n) is 39.7. The van der Waals surface area contributed by atoms with Gasteiger partial charge < -0.3 is 62.5 Å². The van der Waals surface area contributed by atoms with Crippen molar-refractivity contribution >= 4 is 33.3 Å². The molecule has 20 heteroatoms. The summed E-state index contributed by atoms with van der Waals surface area (Å²) in [6, 6.07) is 8.41. The number of carbonyl (C=O) groups is 2. The molecule has 0 fully saturated rings. The maximum absolute atomic E-state index is 15.1. The van der Waals surface area contributed by atoms with Gasteiger partial charge in [-0.3, -0.25) is 14.3 Å². The standard InChI is InChI=1S/C47H68N2O17S/c1-33-9-10-37(64-39(29-60-20-16-56-4)30-61-21-17-57-5)27-41(33)44(47(52)66-45-34(2)25-36(26-35(45)3)46(51)49-14-15-50)42-28-38(11-12-43(42)48-13-8-24-67(53,54)55)65-40(31-62-22-18-58-6)32-63-23-19-59-7/h9-12,25-28,39-40,50H,8,13-24,29-32H2,1-7H3,(H,49,51)(H,53,54,55)/b44-42+,48-43?. The van der Waals surface area contributed by atoms with Crippen molar-refractivity contribution in [3.05, 3.63) is 87.7 Å². The van der Waals surface area contributed by atoms with Crippen molar-refractivity contribution in [3.8, 4) is 11.5 Å². The normalized spacial score (nSPS) is 14.2. The lowest BCUT2D eigenvalue weighted by Gasteiger charge is -2.24. The van der Waals surface area contributed by atoms with Crippen LogP contribution in [0.5, 0.6) is 11.5 Å². The van der Waals surface area contributed by atoms with E-state index in [1.54, 1.807) is 90.8 Å². The van der Waals surface area contributed by atoms with E-state index in [9.17, 15) is 22.9 Å². The minimum absolute atomic E-state index is 0.0186. The van der Waals surface area contributed by atoms with Gasteiger partial charge in [-0.25, -0.2) is 4.79 Å². The van der Waals surface area contributed by atoms with Gasteiger partial charge in [-0.05, 0) is 91.9 Å². The van der Waals surface area contributed by atoms with Crippen LogP contribution in [0.15, 0.2) is 64.9 Å². The van der Waals surface area contributed by atoms with Crippen LogP contribution < -0.4 is 14.8 Å². The molecule has 0 aliphatic heterocycles. The van der Waals surface area contributed by atoms with Gasteiger partial charge in [-0.1, -0.05) is 6.07 Å². The van der Waals surface area contributed by atoms with Crippen molar-refractivity contribution < 1.29 is 79.8 Å². The second-order valence-electron chi connectivity index (χ2n) is 15.1. The van der Waals surface area contributed by atoms with Gasteiger partial charge >= 0.3 is 5.97 Å². The first-order valence-electron chi connectivity index (χ1n) is 21.8. The number of methoxy groups -OCH3 is 4. The van der Waals surface area contributed by atoms with E-state index in [1.807, 2.05) is 6.92 Å². The summed E-state index contributed by atoms with van der Waals surface area (Å²) in [6.45, 7) is 8.28. The summed E-state index contributed by atoms with van der Waals surface area (Å²) in [4.78, 5) is 32.7.